The van der Waals surface area contributed by atoms with Crippen LogP contribution in [0.2, 0.25) is 0 Å². The minimum atomic E-state index is -1.09. The second kappa shape index (κ2) is 8.37. The van der Waals surface area contributed by atoms with Crippen LogP contribution in [-0.2, 0) is 24.6 Å². The van der Waals surface area contributed by atoms with Crippen LogP contribution in [0.4, 0.5) is 0 Å². The molecule has 2 aromatic rings. The van der Waals surface area contributed by atoms with Gasteiger partial charge in [0.05, 0.1) is 26.9 Å². The Kier molecular flexibility index (Phi) is 6.21. The lowest BCUT2D eigenvalue weighted by Gasteiger charge is -2.11. The molecule has 0 radical (unpaired) electrons. The summed E-state index contributed by atoms with van der Waals surface area (Å²) in [5.74, 6) is -0.331. The Bertz CT molecular complexity index is 687. The SMILES string of the molecule is COc1ccc(COCc2cnc(C(=O)N(O)O)cc2CO)cc1. The number of hydroxylamine groups is 2. The smallest absolute Gasteiger partial charge is 0.321 e. The Labute approximate surface area is 138 Å². The third kappa shape index (κ3) is 4.49. The number of pyridine rings is 1. The number of aliphatic hydroxyl groups is 1. The third-order valence-electron chi connectivity index (χ3n) is 3.34. The summed E-state index contributed by atoms with van der Waals surface area (Å²) in [5.41, 5.74) is 1.79. The number of benzene rings is 1. The number of rotatable bonds is 7. The normalized spacial score (nSPS) is 10.5. The van der Waals surface area contributed by atoms with E-state index >= 15 is 0 Å². The molecule has 0 aliphatic carbocycles. The first-order chi connectivity index (χ1) is 11.5. The van der Waals surface area contributed by atoms with E-state index in [1.54, 1.807) is 7.11 Å². The quantitative estimate of drug-likeness (QED) is 0.520. The molecule has 0 unspecified atom stereocenters. The van der Waals surface area contributed by atoms with Crippen molar-refractivity contribution in [3.63, 3.8) is 0 Å². The lowest BCUT2D eigenvalue weighted by atomic mass is 10.1. The zero-order valence-electron chi connectivity index (χ0n) is 13.0. The summed E-state index contributed by atoms with van der Waals surface area (Å²) >= 11 is 0. The number of hydrogen-bond donors (Lipinski definition) is 3. The summed E-state index contributed by atoms with van der Waals surface area (Å²) < 4.78 is 10.7. The molecule has 1 aromatic carbocycles. The molecule has 0 aliphatic heterocycles. The average molecular weight is 334 g/mol. The van der Waals surface area contributed by atoms with Crippen LogP contribution in [-0.4, -0.2) is 38.7 Å². The first-order valence-corrected chi connectivity index (χ1v) is 7.06. The van der Waals surface area contributed by atoms with Crippen molar-refractivity contribution < 1.29 is 29.8 Å². The number of ether oxygens (including phenoxy) is 2. The van der Waals surface area contributed by atoms with Gasteiger partial charge in [-0.25, -0.2) is 0 Å². The molecule has 1 heterocycles. The fourth-order valence-corrected chi connectivity index (χ4v) is 2.02. The minimum Gasteiger partial charge on any atom is -0.497 e. The second-order valence-corrected chi connectivity index (χ2v) is 4.93. The molecule has 0 saturated carbocycles. The summed E-state index contributed by atoms with van der Waals surface area (Å²) in [6.07, 6.45) is 1.36. The molecule has 8 heteroatoms. The zero-order valence-corrected chi connectivity index (χ0v) is 13.0. The number of hydrogen-bond acceptors (Lipinski definition) is 7. The van der Waals surface area contributed by atoms with Crippen LogP contribution in [0, 0.1) is 0 Å². The Hall–Kier alpha value is -2.52. The summed E-state index contributed by atoms with van der Waals surface area (Å²) in [7, 11) is 1.59. The van der Waals surface area contributed by atoms with Gasteiger partial charge in [-0.05, 0) is 29.3 Å². The second-order valence-electron chi connectivity index (χ2n) is 4.93. The highest BCUT2D eigenvalue weighted by Gasteiger charge is 2.15. The van der Waals surface area contributed by atoms with Crippen LogP contribution < -0.4 is 4.74 Å². The highest BCUT2D eigenvalue weighted by Crippen LogP contribution is 2.15. The summed E-state index contributed by atoms with van der Waals surface area (Å²) in [4.78, 5) is 15.3. The Morgan fingerprint density at radius 3 is 2.46 bits per heavy atom. The van der Waals surface area contributed by atoms with E-state index in [0.29, 0.717) is 17.7 Å². The van der Waals surface area contributed by atoms with Crippen LogP contribution in [0.25, 0.3) is 0 Å². The largest absolute Gasteiger partial charge is 0.497 e. The number of nitrogens with zero attached hydrogens (tertiary/aromatic N) is 2. The predicted octanol–water partition coefficient (Wildman–Crippen LogP) is 1.52. The molecule has 0 fully saturated rings. The monoisotopic (exact) mass is 334 g/mol. The molecule has 0 atom stereocenters. The van der Waals surface area contributed by atoms with Gasteiger partial charge >= 0.3 is 5.91 Å². The van der Waals surface area contributed by atoms with E-state index in [0.717, 1.165) is 11.3 Å². The number of aliphatic hydroxyl groups excluding tert-OH is 1. The molecule has 0 spiro atoms. The molecule has 2 rings (SSSR count). The van der Waals surface area contributed by atoms with E-state index in [9.17, 15) is 9.90 Å². The highest BCUT2D eigenvalue weighted by atomic mass is 16.8. The lowest BCUT2D eigenvalue weighted by molar-refractivity contribution is -0.260. The fourth-order valence-electron chi connectivity index (χ4n) is 2.02. The Balaban J connectivity index is 1.99. The topological polar surface area (TPSA) is 112 Å². The van der Waals surface area contributed by atoms with Crippen molar-refractivity contribution >= 4 is 5.91 Å². The molecule has 1 aromatic heterocycles. The van der Waals surface area contributed by atoms with Crippen LogP contribution in [0.1, 0.15) is 27.2 Å². The van der Waals surface area contributed by atoms with Crippen LogP contribution in [0.15, 0.2) is 36.5 Å². The molecular formula is C16H18N2O6. The van der Waals surface area contributed by atoms with Gasteiger partial charge in [-0.3, -0.25) is 20.2 Å². The van der Waals surface area contributed by atoms with Crippen molar-refractivity contribution in [3.05, 3.63) is 58.9 Å². The van der Waals surface area contributed by atoms with Gasteiger partial charge in [0.1, 0.15) is 11.4 Å². The molecule has 0 aliphatic rings. The number of methoxy groups -OCH3 is 1. The van der Waals surface area contributed by atoms with E-state index in [-0.39, 0.29) is 18.9 Å². The Morgan fingerprint density at radius 2 is 1.88 bits per heavy atom. The van der Waals surface area contributed by atoms with E-state index in [1.165, 1.54) is 12.3 Å². The summed E-state index contributed by atoms with van der Waals surface area (Å²) in [5, 5.41) is 26.3. The first-order valence-electron chi connectivity index (χ1n) is 7.06. The van der Waals surface area contributed by atoms with Gasteiger partial charge in [0.2, 0.25) is 0 Å². The van der Waals surface area contributed by atoms with E-state index < -0.39 is 11.1 Å². The number of aromatic nitrogens is 1. The van der Waals surface area contributed by atoms with Gasteiger partial charge in [0, 0.05) is 11.8 Å². The minimum absolute atomic E-state index is 0.186. The number of carbonyl (C=O) groups excluding carboxylic acids is 1. The fraction of sp³-hybridized carbons (Fsp3) is 0.250. The predicted molar refractivity (Wildman–Crippen MR) is 81.4 cm³/mol. The molecule has 0 saturated heterocycles. The van der Waals surface area contributed by atoms with Crippen molar-refractivity contribution in [1.29, 1.82) is 0 Å². The van der Waals surface area contributed by atoms with Gasteiger partial charge in [0.25, 0.3) is 0 Å². The van der Waals surface area contributed by atoms with Crippen molar-refractivity contribution in [3.8, 4) is 5.75 Å². The lowest BCUT2D eigenvalue weighted by Crippen LogP contribution is -2.24. The van der Waals surface area contributed by atoms with E-state index in [2.05, 4.69) is 4.98 Å². The summed E-state index contributed by atoms with van der Waals surface area (Å²) in [6.45, 7) is 0.211. The van der Waals surface area contributed by atoms with Crippen molar-refractivity contribution in [2.24, 2.45) is 0 Å². The molecule has 128 valence electrons. The van der Waals surface area contributed by atoms with Crippen LogP contribution in [0.3, 0.4) is 0 Å². The number of amides is 1. The van der Waals surface area contributed by atoms with Crippen molar-refractivity contribution in [1.82, 2.24) is 10.2 Å². The van der Waals surface area contributed by atoms with E-state index in [1.807, 2.05) is 24.3 Å². The molecular weight excluding hydrogens is 316 g/mol. The average Bonchev–Trinajstić information content (AvgIpc) is 2.61. The maximum absolute atomic E-state index is 11.4. The van der Waals surface area contributed by atoms with E-state index in [4.69, 9.17) is 19.9 Å². The molecule has 24 heavy (non-hydrogen) atoms. The van der Waals surface area contributed by atoms with Crippen LogP contribution >= 0.6 is 0 Å². The number of carbonyl (C=O) groups is 1. The van der Waals surface area contributed by atoms with Gasteiger partial charge < -0.3 is 14.6 Å². The Morgan fingerprint density at radius 1 is 1.17 bits per heavy atom. The summed E-state index contributed by atoms with van der Waals surface area (Å²) in [6, 6.07) is 8.70. The highest BCUT2D eigenvalue weighted by molar-refractivity contribution is 5.90. The van der Waals surface area contributed by atoms with Crippen molar-refractivity contribution in [2.45, 2.75) is 19.8 Å². The van der Waals surface area contributed by atoms with Gasteiger partial charge in [-0.1, -0.05) is 17.4 Å². The molecule has 0 bridgehead atoms. The molecule has 8 nitrogen and oxygen atoms in total. The zero-order chi connectivity index (χ0) is 17.5. The molecule has 1 amide bonds. The maximum atomic E-state index is 11.4. The molecule has 3 N–H and O–H groups in total. The van der Waals surface area contributed by atoms with Gasteiger partial charge in [-0.2, -0.15) is 0 Å². The van der Waals surface area contributed by atoms with Gasteiger partial charge in [-0.15, -0.1) is 0 Å². The third-order valence-corrected chi connectivity index (χ3v) is 3.34. The standard InChI is InChI=1S/C16H18N2O6/c1-23-14-4-2-11(3-5-14)9-24-10-13-7-17-15(6-12(13)8-19)16(20)18(21)22/h2-7,19,21-22H,8-10H2,1H3. The van der Waals surface area contributed by atoms with Crippen molar-refractivity contribution in [2.75, 3.05) is 7.11 Å². The van der Waals surface area contributed by atoms with Gasteiger partial charge in [0.15, 0.2) is 0 Å². The van der Waals surface area contributed by atoms with Crippen LogP contribution in [0.5, 0.6) is 5.75 Å². The first kappa shape index (κ1) is 17.8. The maximum Gasteiger partial charge on any atom is 0.321 e.